The molecule has 42 heavy (non-hydrogen) atoms. The molecule has 3 aromatic rings. The van der Waals surface area contributed by atoms with Gasteiger partial charge in [-0.25, -0.2) is 13.3 Å². The summed E-state index contributed by atoms with van der Waals surface area (Å²) in [5.41, 5.74) is 1.52. The number of esters is 1. The smallest absolute Gasteiger partial charge is 0.380 e. The zero-order chi connectivity index (χ0) is 30.8. The van der Waals surface area contributed by atoms with Crippen molar-refractivity contribution in [2.24, 2.45) is 5.92 Å². The molecule has 226 valence electrons. The van der Waals surface area contributed by atoms with Gasteiger partial charge in [0.05, 0.1) is 24.8 Å². The number of benzene rings is 1. The van der Waals surface area contributed by atoms with E-state index in [4.69, 9.17) is 24.3 Å². The van der Waals surface area contributed by atoms with Gasteiger partial charge in [-0.05, 0) is 32.9 Å². The Morgan fingerprint density at radius 1 is 1.33 bits per heavy atom. The summed E-state index contributed by atoms with van der Waals surface area (Å²) in [6, 6.07) is 8.04. The van der Waals surface area contributed by atoms with Gasteiger partial charge in [-0.1, -0.05) is 31.0 Å². The molecule has 2 aromatic heterocycles. The third-order valence-electron chi connectivity index (χ3n) is 6.34. The van der Waals surface area contributed by atoms with Crippen molar-refractivity contribution in [1.29, 1.82) is 0 Å². The summed E-state index contributed by atoms with van der Waals surface area (Å²) >= 11 is 0. The maximum Gasteiger partial charge on any atom is 0.380 e. The summed E-state index contributed by atoms with van der Waals surface area (Å²) in [4.78, 5) is 30.8. The molecule has 1 unspecified atom stereocenters. The number of nitrogens with one attached hydrogen (secondary N) is 1. The lowest BCUT2D eigenvalue weighted by atomic mass is 9.96. The number of alkyl halides is 1. The second kappa shape index (κ2) is 12.2. The van der Waals surface area contributed by atoms with E-state index < -0.39 is 79.2 Å². The topological polar surface area (TPSA) is 168 Å². The van der Waals surface area contributed by atoms with Crippen molar-refractivity contribution in [2.75, 3.05) is 18.5 Å². The molecular formula is C27H31F2N4O8P. The zero-order valence-corrected chi connectivity index (χ0v) is 24.1. The predicted octanol–water partition coefficient (Wildman–Crippen LogP) is 3.31. The third-order valence-corrected chi connectivity index (χ3v) is 8.37. The van der Waals surface area contributed by atoms with Gasteiger partial charge in [0, 0.05) is 6.20 Å². The number of nitrogens with zero attached hydrogens (tertiary/aromatic N) is 2. The Morgan fingerprint density at radius 3 is 2.67 bits per heavy atom. The Hall–Kier alpha value is -3.76. The standard InChI is InChI=1S/C27H31F2N4O8P/c1-5-11-27(29)21(34)19(40-25(27)33-12-18(28)20-22(33)31-26(30)32-23(20)35)13-38-42(37,41-17-9-7-6-8-10-17)14-16(4)24(36)39-15(2)3/h6-10,12,15-16,19,21,25,34H,13-14H2,1-4H3,(H3,30,31,32,35)/t16-,19-,21+,25-,27?,42+/m1/s1. The van der Waals surface area contributed by atoms with Gasteiger partial charge in [0.15, 0.2) is 17.7 Å². The molecule has 1 aliphatic heterocycles. The number of fused-ring (bicyclic) bond motifs is 1. The number of para-hydroxylation sites is 1. The van der Waals surface area contributed by atoms with E-state index >= 15 is 4.39 Å². The Bertz CT molecular complexity index is 1620. The molecule has 4 N–H and O–H groups in total. The first kappa shape index (κ1) is 31.2. The van der Waals surface area contributed by atoms with Gasteiger partial charge in [0.1, 0.15) is 23.3 Å². The van der Waals surface area contributed by atoms with Crippen molar-refractivity contribution in [3.8, 4) is 17.6 Å². The molecule has 0 amide bonds. The van der Waals surface area contributed by atoms with E-state index in [1.54, 1.807) is 32.0 Å². The van der Waals surface area contributed by atoms with Crippen LogP contribution in [0.2, 0.25) is 0 Å². The van der Waals surface area contributed by atoms with E-state index in [1.165, 1.54) is 26.0 Å². The van der Waals surface area contributed by atoms with E-state index in [0.29, 0.717) is 0 Å². The van der Waals surface area contributed by atoms with E-state index in [2.05, 4.69) is 21.8 Å². The molecule has 0 bridgehead atoms. The van der Waals surface area contributed by atoms with Crippen molar-refractivity contribution in [1.82, 2.24) is 14.5 Å². The summed E-state index contributed by atoms with van der Waals surface area (Å²) in [5, 5.41) is 10.5. The van der Waals surface area contributed by atoms with Crippen molar-refractivity contribution in [2.45, 2.75) is 57.9 Å². The average Bonchev–Trinajstić information content (AvgIpc) is 3.36. The number of nitrogen functional groups attached to an aromatic ring is 1. The van der Waals surface area contributed by atoms with Crippen LogP contribution >= 0.6 is 7.60 Å². The number of ether oxygens (including phenoxy) is 2. The number of carbonyl (C=O) groups excluding carboxylic acids is 1. The van der Waals surface area contributed by atoms with Gasteiger partial charge < -0.3 is 24.8 Å². The fourth-order valence-corrected chi connectivity index (χ4v) is 6.36. The van der Waals surface area contributed by atoms with Gasteiger partial charge >= 0.3 is 13.6 Å². The number of rotatable bonds is 10. The molecule has 3 heterocycles. The first-order valence-corrected chi connectivity index (χ1v) is 14.7. The molecule has 0 spiro atoms. The highest BCUT2D eigenvalue weighted by molar-refractivity contribution is 7.54. The lowest BCUT2D eigenvalue weighted by Gasteiger charge is -2.25. The highest BCUT2D eigenvalue weighted by Gasteiger charge is 2.58. The number of carbonyl (C=O) groups is 1. The largest absolute Gasteiger partial charge is 0.463 e. The van der Waals surface area contributed by atoms with Crippen molar-refractivity contribution in [3.63, 3.8) is 0 Å². The Balaban J connectivity index is 1.64. The van der Waals surface area contributed by atoms with Gasteiger partial charge in [0.2, 0.25) is 11.6 Å². The van der Waals surface area contributed by atoms with Gasteiger partial charge in [0.25, 0.3) is 5.56 Å². The molecular weight excluding hydrogens is 577 g/mol. The number of aromatic nitrogens is 3. The van der Waals surface area contributed by atoms with Crippen LogP contribution in [0.3, 0.4) is 0 Å². The molecule has 1 aliphatic rings. The number of aliphatic hydroxyl groups excluding tert-OH is 1. The number of hydrogen-bond acceptors (Lipinski definition) is 10. The summed E-state index contributed by atoms with van der Waals surface area (Å²) in [7, 11) is -4.16. The minimum absolute atomic E-state index is 0.177. The predicted molar refractivity (Wildman–Crippen MR) is 148 cm³/mol. The van der Waals surface area contributed by atoms with Crippen molar-refractivity contribution < 1.29 is 41.8 Å². The normalized spacial score (nSPS) is 24.1. The third kappa shape index (κ3) is 6.34. The summed E-state index contributed by atoms with van der Waals surface area (Å²) < 4.78 is 68.2. The molecule has 1 saturated heterocycles. The van der Waals surface area contributed by atoms with Gasteiger partial charge in [-0.2, -0.15) is 4.98 Å². The van der Waals surface area contributed by atoms with Gasteiger partial charge in [-0.3, -0.25) is 23.7 Å². The monoisotopic (exact) mass is 608 g/mol. The molecule has 0 aliphatic carbocycles. The quantitative estimate of drug-likeness (QED) is 0.176. The lowest BCUT2D eigenvalue weighted by Crippen LogP contribution is -2.42. The zero-order valence-electron chi connectivity index (χ0n) is 23.2. The number of hydrogen-bond donors (Lipinski definition) is 3. The fraction of sp³-hybridized carbons (Fsp3) is 0.444. The Kier molecular flexibility index (Phi) is 9.08. The number of H-pyrrole nitrogens is 1. The second-order valence-electron chi connectivity index (χ2n) is 10.0. The fourth-order valence-electron chi connectivity index (χ4n) is 4.49. The van der Waals surface area contributed by atoms with Crippen LogP contribution in [0.5, 0.6) is 5.75 Å². The van der Waals surface area contributed by atoms with Crippen LogP contribution in [-0.2, 0) is 23.4 Å². The first-order chi connectivity index (χ1) is 19.8. The van der Waals surface area contributed by atoms with Crippen LogP contribution in [0.1, 0.15) is 33.9 Å². The summed E-state index contributed by atoms with van der Waals surface area (Å²) in [6.07, 6.45) is -5.36. The van der Waals surface area contributed by atoms with Crippen LogP contribution in [-0.4, -0.2) is 62.4 Å². The van der Waals surface area contributed by atoms with Crippen LogP contribution < -0.4 is 15.8 Å². The number of nitrogens with two attached hydrogens (primary N) is 1. The summed E-state index contributed by atoms with van der Waals surface area (Å²) in [5.74, 6) is 1.87. The molecule has 1 aromatic carbocycles. The van der Waals surface area contributed by atoms with Crippen LogP contribution in [0.4, 0.5) is 14.7 Å². The molecule has 6 atom stereocenters. The van der Waals surface area contributed by atoms with Crippen molar-refractivity contribution >= 4 is 30.5 Å². The molecule has 12 nitrogen and oxygen atoms in total. The van der Waals surface area contributed by atoms with E-state index in [9.17, 15) is 23.7 Å². The highest BCUT2D eigenvalue weighted by Crippen LogP contribution is 2.51. The Morgan fingerprint density at radius 2 is 2.02 bits per heavy atom. The molecule has 1 fully saturated rings. The first-order valence-electron chi connectivity index (χ1n) is 13.0. The molecule has 0 radical (unpaired) electrons. The maximum absolute atomic E-state index is 16.4. The maximum atomic E-state index is 16.4. The number of aromatic amines is 1. The van der Waals surface area contributed by atoms with Crippen LogP contribution in [0, 0.1) is 23.6 Å². The Labute approximate surface area is 239 Å². The number of halogens is 2. The molecule has 4 rings (SSSR count). The number of anilines is 1. The molecule has 15 heteroatoms. The van der Waals surface area contributed by atoms with E-state index in [-0.39, 0.29) is 17.3 Å². The van der Waals surface area contributed by atoms with Gasteiger partial charge in [-0.15, -0.1) is 5.92 Å². The summed E-state index contributed by atoms with van der Waals surface area (Å²) in [6.45, 7) is 5.46. The SMILES string of the molecule is CC#CC1(F)[C@@H](O)[C@@H](CO[P@@](=O)(C[C@@H](C)C(=O)OC(C)C)Oc2ccccc2)O[C@H]1n1cc(F)c2c(=O)[nH]c(N)nc21. The van der Waals surface area contributed by atoms with E-state index in [1.807, 2.05) is 0 Å². The van der Waals surface area contributed by atoms with E-state index in [0.717, 1.165) is 10.8 Å². The second-order valence-corrected chi connectivity index (χ2v) is 12.1. The molecule has 0 saturated carbocycles. The average molecular weight is 609 g/mol. The lowest BCUT2D eigenvalue weighted by molar-refractivity contribution is -0.151. The van der Waals surface area contributed by atoms with Crippen molar-refractivity contribution in [3.05, 3.63) is 52.7 Å². The highest BCUT2D eigenvalue weighted by atomic mass is 31.2. The van der Waals surface area contributed by atoms with Crippen LogP contribution in [0.25, 0.3) is 11.0 Å². The minimum Gasteiger partial charge on any atom is -0.463 e. The van der Waals surface area contributed by atoms with Crippen LogP contribution in [0.15, 0.2) is 41.3 Å². The minimum atomic E-state index is -4.16. The number of aliphatic hydroxyl groups is 1.